The number of hydrazone groups is 1. The van der Waals surface area contributed by atoms with Crippen molar-refractivity contribution in [2.45, 2.75) is 13.8 Å². The molecular formula is C25H25N3O5. The highest BCUT2D eigenvalue weighted by Gasteiger charge is 2.10. The van der Waals surface area contributed by atoms with Crippen LogP contribution in [0.2, 0.25) is 0 Å². The number of ether oxygens (including phenoxy) is 2. The minimum Gasteiger partial charge on any atom is -0.493 e. The number of carboxylic acids is 1. The molecule has 0 spiro atoms. The van der Waals surface area contributed by atoms with E-state index in [4.69, 9.17) is 14.6 Å². The van der Waals surface area contributed by atoms with Crippen LogP contribution in [-0.2, 0) is 4.79 Å². The Balaban J connectivity index is 1.59. The molecule has 0 atom stereocenters. The molecular weight excluding hydrogens is 422 g/mol. The lowest BCUT2D eigenvalue weighted by Gasteiger charge is -2.12. The van der Waals surface area contributed by atoms with Gasteiger partial charge in [-0.1, -0.05) is 23.8 Å². The molecule has 3 aromatic rings. The maximum atomic E-state index is 12.3. The normalized spacial score (nSPS) is 10.6. The summed E-state index contributed by atoms with van der Waals surface area (Å²) in [6.07, 6.45) is 1.56. The quantitative estimate of drug-likeness (QED) is 0.330. The number of carboxylic acid groups (broad SMARTS) is 1. The number of benzene rings is 3. The van der Waals surface area contributed by atoms with E-state index in [1.807, 2.05) is 32.0 Å². The van der Waals surface area contributed by atoms with Gasteiger partial charge in [0.2, 0.25) is 0 Å². The van der Waals surface area contributed by atoms with Crippen LogP contribution in [-0.4, -0.2) is 36.9 Å². The number of aryl methyl sites for hydroxylation is 2. The van der Waals surface area contributed by atoms with Crippen molar-refractivity contribution in [2.75, 3.05) is 24.5 Å². The van der Waals surface area contributed by atoms with E-state index in [2.05, 4.69) is 15.8 Å². The minimum atomic E-state index is -1.01. The Morgan fingerprint density at radius 3 is 2.58 bits per heavy atom. The Bertz CT molecular complexity index is 1190. The molecule has 3 N–H and O–H groups in total. The number of rotatable bonds is 9. The molecule has 0 heterocycles. The van der Waals surface area contributed by atoms with E-state index in [1.54, 1.807) is 36.5 Å². The summed E-state index contributed by atoms with van der Waals surface area (Å²) in [6, 6.07) is 17.3. The first-order valence-electron chi connectivity index (χ1n) is 10.2. The molecule has 0 radical (unpaired) electrons. The monoisotopic (exact) mass is 447 g/mol. The van der Waals surface area contributed by atoms with Crippen molar-refractivity contribution >= 4 is 29.5 Å². The predicted octanol–water partition coefficient (Wildman–Crippen LogP) is 4.47. The molecule has 0 unspecified atom stereocenters. The average molecular weight is 447 g/mol. The Morgan fingerprint density at radius 1 is 1.03 bits per heavy atom. The molecule has 0 aliphatic rings. The summed E-state index contributed by atoms with van der Waals surface area (Å²) in [4.78, 5) is 23.3. The van der Waals surface area contributed by atoms with Crippen LogP contribution in [0.4, 0.5) is 11.4 Å². The van der Waals surface area contributed by atoms with Crippen LogP contribution in [0.5, 0.6) is 11.5 Å². The topological polar surface area (TPSA) is 109 Å². The lowest BCUT2D eigenvalue weighted by Crippen LogP contribution is -2.20. The highest BCUT2D eigenvalue weighted by atomic mass is 16.5. The molecule has 3 rings (SSSR count). The number of aromatic carboxylic acids is 1. The van der Waals surface area contributed by atoms with Crippen molar-refractivity contribution in [3.63, 3.8) is 0 Å². The van der Waals surface area contributed by atoms with Gasteiger partial charge in [-0.15, -0.1) is 0 Å². The van der Waals surface area contributed by atoms with E-state index in [1.165, 1.54) is 19.2 Å². The Morgan fingerprint density at radius 2 is 1.85 bits per heavy atom. The van der Waals surface area contributed by atoms with Crippen molar-refractivity contribution in [1.82, 2.24) is 0 Å². The Hall–Kier alpha value is -4.33. The highest BCUT2D eigenvalue weighted by molar-refractivity contribution is 5.92. The second-order valence-electron chi connectivity index (χ2n) is 7.32. The smallest absolute Gasteiger partial charge is 0.335 e. The van der Waals surface area contributed by atoms with Gasteiger partial charge in [0.15, 0.2) is 18.1 Å². The largest absolute Gasteiger partial charge is 0.493 e. The molecule has 0 saturated carbocycles. The predicted molar refractivity (Wildman–Crippen MR) is 128 cm³/mol. The standard InChI is InChI=1S/C25H25N3O5/c1-16-7-9-21(17(2)11-16)27-24(29)15-33-22-10-8-18(12-23(22)32-3)14-26-28-20-6-4-5-19(13-20)25(30)31/h4-14,28H,15H2,1-3H3,(H,27,29)(H,30,31). The maximum absolute atomic E-state index is 12.3. The molecule has 3 aromatic carbocycles. The van der Waals surface area contributed by atoms with Crippen molar-refractivity contribution in [1.29, 1.82) is 0 Å². The van der Waals surface area contributed by atoms with E-state index in [9.17, 15) is 9.59 Å². The van der Waals surface area contributed by atoms with Crippen LogP contribution in [0.1, 0.15) is 27.0 Å². The molecule has 0 aliphatic heterocycles. The van der Waals surface area contributed by atoms with Crippen LogP contribution in [0.3, 0.4) is 0 Å². The zero-order valence-corrected chi connectivity index (χ0v) is 18.6. The van der Waals surface area contributed by atoms with E-state index in [0.29, 0.717) is 17.2 Å². The molecule has 0 fully saturated rings. The minimum absolute atomic E-state index is 0.167. The number of carbonyl (C=O) groups excluding carboxylic acids is 1. The molecule has 8 nitrogen and oxygen atoms in total. The van der Waals surface area contributed by atoms with Crippen LogP contribution < -0.4 is 20.2 Å². The summed E-state index contributed by atoms with van der Waals surface area (Å²) in [5.74, 6) is -0.410. The van der Waals surface area contributed by atoms with E-state index < -0.39 is 5.97 Å². The molecule has 8 heteroatoms. The van der Waals surface area contributed by atoms with Gasteiger partial charge in [-0.25, -0.2) is 4.79 Å². The van der Waals surface area contributed by atoms with Crippen LogP contribution in [0.15, 0.2) is 65.8 Å². The molecule has 0 bridgehead atoms. The number of amides is 1. The fraction of sp³-hybridized carbons (Fsp3) is 0.160. The third kappa shape index (κ3) is 6.57. The number of hydrogen-bond acceptors (Lipinski definition) is 6. The number of nitrogens with one attached hydrogen (secondary N) is 2. The second kappa shape index (κ2) is 10.8. The fourth-order valence-corrected chi connectivity index (χ4v) is 3.07. The van der Waals surface area contributed by atoms with Gasteiger partial charge in [-0.05, 0) is 67.4 Å². The fourth-order valence-electron chi connectivity index (χ4n) is 3.07. The molecule has 0 aromatic heterocycles. The number of methoxy groups -OCH3 is 1. The first-order valence-corrected chi connectivity index (χ1v) is 10.2. The van der Waals surface area contributed by atoms with E-state index in [-0.39, 0.29) is 18.1 Å². The van der Waals surface area contributed by atoms with Crippen LogP contribution in [0.25, 0.3) is 0 Å². The van der Waals surface area contributed by atoms with Gasteiger partial charge in [0.1, 0.15) is 0 Å². The van der Waals surface area contributed by atoms with Gasteiger partial charge in [0.05, 0.1) is 24.6 Å². The number of hydrogen-bond donors (Lipinski definition) is 3. The third-order valence-electron chi connectivity index (χ3n) is 4.72. The first kappa shape index (κ1) is 23.3. The SMILES string of the molecule is COc1cc(C=NNc2cccc(C(=O)O)c2)ccc1OCC(=O)Nc1ccc(C)cc1C. The Labute approximate surface area is 191 Å². The van der Waals surface area contributed by atoms with Crippen molar-refractivity contribution in [3.05, 3.63) is 82.9 Å². The van der Waals surface area contributed by atoms with Gasteiger partial charge >= 0.3 is 5.97 Å². The van der Waals surface area contributed by atoms with Crippen LogP contribution in [0, 0.1) is 13.8 Å². The summed E-state index contributed by atoms with van der Waals surface area (Å²) in [5.41, 5.74) is 7.08. The Kier molecular flexibility index (Phi) is 7.64. The average Bonchev–Trinajstić information content (AvgIpc) is 2.80. The zero-order valence-electron chi connectivity index (χ0n) is 18.6. The van der Waals surface area contributed by atoms with E-state index in [0.717, 1.165) is 22.4 Å². The lowest BCUT2D eigenvalue weighted by molar-refractivity contribution is -0.118. The van der Waals surface area contributed by atoms with Crippen molar-refractivity contribution < 1.29 is 24.2 Å². The van der Waals surface area contributed by atoms with Gasteiger partial charge in [-0.3, -0.25) is 10.2 Å². The maximum Gasteiger partial charge on any atom is 0.335 e. The van der Waals surface area contributed by atoms with Gasteiger partial charge in [-0.2, -0.15) is 5.10 Å². The summed E-state index contributed by atoms with van der Waals surface area (Å²) >= 11 is 0. The lowest BCUT2D eigenvalue weighted by atomic mass is 10.1. The van der Waals surface area contributed by atoms with Gasteiger partial charge in [0, 0.05) is 5.69 Å². The molecule has 170 valence electrons. The summed E-state index contributed by atoms with van der Waals surface area (Å²) in [7, 11) is 1.51. The summed E-state index contributed by atoms with van der Waals surface area (Å²) in [6.45, 7) is 3.76. The molecule has 0 aliphatic carbocycles. The van der Waals surface area contributed by atoms with Crippen molar-refractivity contribution in [3.8, 4) is 11.5 Å². The van der Waals surface area contributed by atoms with Gasteiger partial charge in [0.25, 0.3) is 5.91 Å². The van der Waals surface area contributed by atoms with Crippen LogP contribution >= 0.6 is 0 Å². The number of nitrogens with zero attached hydrogens (tertiary/aromatic N) is 1. The van der Waals surface area contributed by atoms with Gasteiger partial charge < -0.3 is 19.9 Å². The highest BCUT2D eigenvalue weighted by Crippen LogP contribution is 2.27. The molecule has 33 heavy (non-hydrogen) atoms. The second-order valence-corrected chi connectivity index (χ2v) is 7.32. The van der Waals surface area contributed by atoms with Crippen molar-refractivity contribution in [2.24, 2.45) is 5.10 Å². The summed E-state index contributed by atoms with van der Waals surface area (Å²) in [5, 5.41) is 16.0. The molecule has 0 saturated heterocycles. The molecule has 1 amide bonds. The number of anilines is 2. The number of carbonyl (C=O) groups is 2. The van der Waals surface area contributed by atoms with E-state index >= 15 is 0 Å². The third-order valence-corrected chi connectivity index (χ3v) is 4.72. The zero-order chi connectivity index (χ0) is 23.8. The first-order chi connectivity index (χ1) is 15.9. The summed E-state index contributed by atoms with van der Waals surface area (Å²) < 4.78 is 11.0.